The standard InChI is InChI=1S/C60H41N3/c1-60(2)54-32-27-42(35-53(54)58-45-17-7-6-13-39(45)26-33-55(58)60)44-28-29-50(47-19-9-8-18-46(44)47)51-30-31-52(49-21-11-10-20-48(49)51)59-62-56(40-14-4-3-5-15-40)36-57(63-59)41-24-22-38(23-25-41)43-16-12-34-61-37-43/h3-37H,1-2H3. The molecule has 0 fully saturated rings. The maximum atomic E-state index is 5.29. The van der Waals surface area contributed by atoms with Crippen LogP contribution in [-0.2, 0) is 5.41 Å². The van der Waals surface area contributed by atoms with E-state index in [9.17, 15) is 0 Å². The summed E-state index contributed by atoms with van der Waals surface area (Å²) < 4.78 is 0. The maximum Gasteiger partial charge on any atom is 0.161 e. The van der Waals surface area contributed by atoms with Crippen molar-refractivity contribution >= 4 is 32.3 Å². The lowest BCUT2D eigenvalue weighted by Gasteiger charge is -2.22. The third kappa shape index (κ3) is 6.07. The summed E-state index contributed by atoms with van der Waals surface area (Å²) in [7, 11) is 0. The molecule has 63 heavy (non-hydrogen) atoms. The summed E-state index contributed by atoms with van der Waals surface area (Å²) >= 11 is 0. The first-order valence-corrected chi connectivity index (χ1v) is 21.7. The van der Waals surface area contributed by atoms with Crippen molar-refractivity contribution in [2.24, 2.45) is 0 Å². The van der Waals surface area contributed by atoms with Gasteiger partial charge in [0.2, 0.25) is 0 Å². The second-order valence-electron chi connectivity index (χ2n) is 17.2. The van der Waals surface area contributed by atoms with E-state index in [-0.39, 0.29) is 5.41 Å². The lowest BCUT2D eigenvalue weighted by atomic mass is 9.81. The Kier molecular flexibility index (Phi) is 8.52. The van der Waals surface area contributed by atoms with Gasteiger partial charge < -0.3 is 0 Å². The molecule has 0 unspecified atom stereocenters. The first kappa shape index (κ1) is 36.8. The number of pyridine rings is 1. The molecule has 9 aromatic carbocycles. The topological polar surface area (TPSA) is 38.7 Å². The van der Waals surface area contributed by atoms with Gasteiger partial charge in [-0.2, -0.15) is 0 Å². The van der Waals surface area contributed by atoms with E-state index < -0.39 is 0 Å². The van der Waals surface area contributed by atoms with Gasteiger partial charge in [-0.15, -0.1) is 0 Å². The number of rotatable bonds is 6. The van der Waals surface area contributed by atoms with Crippen LogP contribution in [0.4, 0.5) is 0 Å². The van der Waals surface area contributed by atoms with Gasteiger partial charge in [0.15, 0.2) is 5.82 Å². The quantitative estimate of drug-likeness (QED) is 0.168. The number of nitrogens with zero attached hydrogens (tertiary/aromatic N) is 3. The van der Waals surface area contributed by atoms with Gasteiger partial charge in [-0.1, -0.05) is 190 Å². The van der Waals surface area contributed by atoms with Gasteiger partial charge in [-0.05, 0) is 112 Å². The summed E-state index contributed by atoms with van der Waals surface area (Å²) in [5, 5.41) is 7.32. The fourth-order valence-corrected chi connectivity index (χ4v) is 10.0. The maximum absolute atomic E-state index is 5.29. The Morgan fingerprint density at radius 3 is 1.56 bits per heavy atom. The van der Waals surface area contributed by atoms with Crippen molar-refractivity contribution in [1.29, 1.82) is 0 Å². The van der Waals surface area contributed by atoms with Gasteiger partial charge in [0.05, 0.1) is 11.4 Å². The Balaban J connectivity index is 0.983. The predicted molar refractivity (Wildman–Crippen MR) is 263 cm³/mol. The third-order valence-corrected chi connectivity index (χ3v) is 13.2. The zero-order valence-corrected chi connectivity index (χ0v) is 35.0. The molecule has 0 radical (unpaired) electrons. The van der Waals surface area contributed by atoms with Crippen molar-refractivity contribution in [2.45, 2.75) is 19.3 Å². The first-order chi connectivity index (χ1) is 31.0. The second kappa shape index (κ2) is 14.6. The summed E-state index contributed by atoms with van der Waals surface area (Å²) in [5.74, 6) is 0.694. The number of benzene rings is 9. The van der Waals surface area contributed by atoms with Crippen LogP contribution in [0.25, 0.3) is 111 Å². The normalized spacial score (nSPS) is 12.7. The zero-order chi connectivity index (χ0) is 42.1. The van der Waals surface area contributed by atoms with Crippen LogP contribution < -0.4 is 0 Å². The largest absolute Gasteiger partial charge is 0.264 e. The van der Waals surface area contributed by atoms with Gasteiger partial charge in [0.25, 0.3) is 0 Å². The highest BCUT2D eigenvalue weighted by Crippen LogP contribution is 2.52. The monoisotopic (exact) mass is 803 g/mol. The number of fused-ring (bicyclic) bond motifs is 7. The highest BCUT2D eigenvalue weighted by Gasteiger charge is 2.36. The lowest BCUT2D eigenvalue weighted by molar-refractivity contribution is 0.661. The van der Waals surface area contributed by atoms with Gasteiger partial charge >= 0.3 is 0 Å². The SMILES string of the molecule is CC1(C)c2ccc(-c3ccc(-c4ccc(-c5nc(-c6ccccc6)cc(-c6ccc(-c7cccnc7)cc6)n5)c5ccccc45)c4ccccc34)cc2-c2c1ccc1ccccc21. The van der Waals surface area contributed by atoms with Crippen LogP contribution >= 0.6 is 0 Å². The third-order valence-electron chi connectivity index (χ3n) is 13.2. The molecule has 12 rings (SSSR count). The van der Waals surface area contributed by atoms with Crippen LogP contribution in [0.15, 0.2) is 213 Å². The van der Waals surface area contributed by atoms with E-state index in [1.807, 2.05) is 18.3 Å². The Bertz CT molecular complexity index is 3570. The molecule has 2 aromatic heterocycles. The van der Waals surface area contributed by atoms with Crippen molar-refractivity contribution in [2.75, 3.05) is 0 Å². The van der Waals surface area contributed by atoms with Crippen LogP contribution in [-0.4, -0.2) is 15.0 Å². The van der Waals surface area contributed by atoms with Crippen molar-refractivity contribution in [3.8, 4) is 78.4 Å². The van der Waals surface area contributed by atoms with E-state index in [4.69, 9.17) is 9.97 Å². The molecule has 0 saturated heterocycles. The molecule has 2 heterocycles. The minimum atomic E-state index is -0.0753. The Morgan fingerprint density at radius 2 is 0.873 bits per heavy atom. The van der Waals surface area contributed by atoms with E-state index in [0.717, 1.165) is 50.0 Å². The molecule has 1 aliphatic rings. The Labute approximate surface area is 367 Å². The average molecular weight is 804 g/mol. The molecular formula is C60H41N3. The molecule has 296 valence electrons. The van der Waals surface area contributed by atoms with Crippen LogP contribution in [0.3, 0.4) is 0 Å². The molecule has 3 heteroatoms. The number of hydrogen-bond donors (Lipinski definition) is 0. The van der Waals surface area contributed by atoms with Gasteiger partial charge in [0, 0.05) is 34.5 Å². The molecule has 0 aliphatic heterocycles. The van der Waals surface area contributed by atoms with Crippen molar-refractivity contribution in [1.82, 2.24) is 15.0 Å². The van der Waals surface area contributed by atoms with Crippen LogP contribution in [0, 0.1) is 0 Å². The van der Waals surface area contributed by atoms with Crippen LogP contribution in [0.5, 0.6) is 0 Å². The fraction of sp³-hybridized carbons (Fsp3) is 0.0500. The highest BCUT2D eigenvalue weighted by molar-refractivity contribution is 6.12. The second-order valence-corrected chi connectivity index (χ2v) is 17.2. The van der Waals surface area contributed by atoms with Gasteiger partial charge in [-0.3, -0.25) is 4.98 Å². The molecule has 1 aliphatic carbocycles. The molecule has 0 spiro atoms. The van der Waals surface area contributed by atoms with E-state index in [1.54, 1.807) is 6.20 Å². The van der Waals surface area contributed by atoms with Gasteiger partial charge in [0.1, 0.15) is 0 Å². The van der Waals surface area contributed by atoms with E-state index in [0.29, 0.717) is 5.82 Å². The molecule has 0 N–H and O–H groups in total. The van der Waals surface area contributed by atoms with Crippen molar-refractivity contribution in [3.63, 3.8) is 0 Å². The number of hydrogen-bond acceptors (Lipinski definition) is 3. The van der Waals surface area contributed by atoms with E-state index in [1.165, 1.54) is 66.1 Å². The molecular weight excluding hydrogens is 763 g/mol. The molecule has 0 amide bonds. The molecule has 3 nitrogen and oxygen atoms in total. The van der Waals surface area contributed by atoms with Crippen LogP contribution in [0.1, 0.15) is 25.0 Å². The summed E-state index contributed by atoms with van der Waals surface area (Å²) in [4.78, 5) is 14.9. The zero-order valence-electron chi connectivity index (χ0n) is 35.0. The minimum absolute atomic E-state index is 0.0753. The Morgan fingerprint density at radius 1 is 0.349 bits per heavy atom. The Hall–Kier alpha value is -8.01. The molecule has 11 aromatic rings. The first-order valence-electron chi connectivity index (χ1n) is 21.7. The fourth-order valence-electron chi connectivity index (χ4n) is 10.0. The predicted octanol–water partition coefficient (Wildman–Crippen LogP) is 15.6. The highest BCUT2D eigenvalue weighted by atomic mass is 14.9. The lowest BCUT2D eigenvalue weighted by Crippen LogP contribution is -2.14. The van der Waals surface area contributed by atoms with E-state index in [2.05, 4.69) is 207 Å². The summed E-state index contributed by atoms with van der Waals surface area (Å²) in [6.07, 6.45) is 3.70. The number of aromatic nitrogens is 3. The van der Waals surface area contributed by atoms with Crippen molar-refractivity contribution in [3.05, 3.63) is 224 Å². The minimum Gasteiger partial charge on any atom is -0.264 e. The molecule has 0 bridgehead atoms. The summed E-state index contributed by atoms with van der Waals surface area (Å²) in [6.45, 7) is 4.72. The summed E-state index contributed by atoms with van der Waals surface area (Å²) in [6, 6.07) is 72.3. The van der Waals surface area contributed by atoms with Gasteiger partial charge in [-0.25, -0.2) is 9.97 Å². The molecule has 0 atom stereocenters. The molecule has 0 saturated carbocycles. The van der Waals surface area contributed by atoms with Crippen LogP contribution in [0.2, 0.25) is 0 Å². The van der Waals surface area contributed by atoms with E-state index >= 15 is 0 Å². The summed E-state index contributed by atoms with van der Waals surface area (Å²) in [5.41, 5.74) is 17.3. The average Bonchev–Trinajstić information content (AvgIpc) is 3.59. The smallest absolute Gasteiger partial charge is 0.161 e. The van der Waals surface area contributed by atoms with Crippen molar-refractivity contribution < 1.29 is 0 Å².